The molecule has 2 rings (SSSR count). The molecule has 81 valence electrons. The molecule has 0 nitrogen and oxygen atoms in total. The van der Waals surface area contributed by atoms with Crippen LogP contribution in [0.1, 0.15) is 55.6 Å². The Kier molecular flexibility index (Phi) is 3.82. The van der Waals surface area contributed by atoms with Gasteiger partial charge in [0.2, 0.25) is 0 Å². The number of rotatable bonds is 3. The van der Waals surface area contributed by atoms with Crippen molar-refractivity contribution in [1.29, 1.82) is 0 Å². The molecule has 0 atom stereocenters. The quantitative estimate of drug-likeness (QED) is 0.675. The van der Waals surface area contributed by atoms with E-state index in [9.17, 15) is 0 Å². The van der Waals surface area contributed by atoms with Crippen LogP contribution in [-0.2, 0) is 6.42 Å². The van der Waals surface area contributed by atoms with E-state index in [1.165, 1.54) is 37.7 Å². The Labute approximate surface area is 93.7 Å². The van der Waals surface area contributed by atoms with E-state index in [4.69, 9.17) is 0 Å². The minimum atomic E-state index is 0.840. The Hall–Kier alpha value is -0.780. The van der Waals surface area contributed by atoms with E-state index in [1.807, 2.05) is 0 Å². The lowest BCUT2D eigenvalue weighted by molar-refractivity contribution is 0.443. The molecule has 1 saturated carbocycles. The van der Waals surface area contributed by atoms with Gasteiger partial charge < -0.3 is 0 Å². The molecule has 0 amide bonds. The average Bonchev–Trinajstić information content (AvgIpc) is 2.32. The molecule has 0 heterocycles. The fourth-order valence-electron chi connectivity index (χ4n) is 2.60. The predicted molar refractivity (Wildman–Crippen MR) is 65.9 cm³/mol. The fraction of sp³-hybridized carbons (Fsp3) is 0.533. The summed E-state index contributed by atoms with van der Waals surface area (Å²) in [5.41, 5.74) is 2.99. The van der Waals surface area contributed by atoms with Gasteiger partial charge in [0.15, 0.2) is 0 Å². The van der Waals surface area contributed by atoms with Crippen LogP contribution in [0.2, 0.25) is 0 Å². The Morgan fingerprint density at radius 1 is 1.00 bits per heavy atom. The van der Waals surface area contributed by atoms with Crippen LogP contribution in [0, 0.1) is 6.92 Å². The van der Waals surface area contributed by atoms with Crippen LogP contribution >= 0.6 is 0 Å². The van der Waals surface area contributed by atoms with Crippen molar-refractivity contribution in [3.63, 3.8) is 0 Å². The van der Waals surface area contributed by atoms with E-state index < -0.39 is 0 Å². The van der Waals surface area contributed by atoms with Crippen molar-refractivity contribution in [3.8, 4) is 0 Å². The van der Waals surface area contributed by atoms with Gasteiger partial charge >= 0.3 is 0 Å². The van der Waals surface area contributed by atoms with Crippen molar-refractivity contribution in [2.45, 2.75) is 50.9 Å². The van der Waals surface area contributed by atoms with Crippen molar-refractivity contribution in [2.24, 2.45) is 0 Å². The summed E-state index contributed by atoms with van der Waals surface area (Å²) in [6, 6.07) is 9.24. The molecule has 1 aromatic carbocycles. The first kappa shape index (κ1) is 10.7. The second-order valence-electron chi connectivity index (χ2n) is 4.68. The first-order valence-electron chi connectivity index (χ1n) is 6.28. The average molecular weight is 201 g/mol. The monoisotopic (exact) mass is 201 g/mol. The molecule has 0 bridgehead atoms. The second-order valence-corrected chi connectivity index (χ2v) is 4.68. The highest BCUT2D eigenvalue weighted by molar-refractivity contribution is 5.25. The highest BCUT2D eigenvalue weighted by Gasteiger charge is 2.14. The number of hydrogen-bond donors (Lipinski definition) is 0. The van der Waals surface area contributed by atoms with Gasteiger partial charge in [0.25, 0.3) is 0 Å². The van der Waals surface area contributed by atoms with Gasteiger partial charge in [-0.1, -0.05) is 50.5 Å². The largest absolute Gasteiger partial charge is 0.0588 e. The molecule has 15 heavy (non-hydrogen) atoms. The molecule has 1 radical (unpaired) electrons. The topological polar surface area (TPSA) is 0 Å². The second kappa shape index (κ2) is 5.34. The van der Waals surface area contributed by atoms with Gasteiger partial charge in [-0.3, -0.25) is 0 Å². The van der Waals surface area contributed by atoms with E-state index >= 15 is 0 Å². The van der Waals surface area contributed by atoms with Crippen LogP contribution in [0.4, 0.5) is 0 Å². The highest BCUT2D eigenvalue weighted by atomic mass is 14.2. The zero-order valence-corrected chi connectivity index (χ0v) is 9.54. The van der Waals surface area contributed by atoms with Crippen LogP contribution in [0.25, 0.3) is 0 Å². The van der Waals surface area contributed by atoms with E-state index in [0.717, 1.165) is 18.8 Å². The van der Waals surface area contributed by atoms with Gasteiger partial charge in [-0.25, -0.2) is 0 Å². The summed E-state index contributed by atoms with van der Waals surface area (Å²) in [6.07, 6.45) is 9.20. The summed E-state index contributed by atoms with van der Waals surface area (Å²) >= 11 is 0. The molecule has 0 heteroatoms. The summed E-state index contributed by atoms with van der Waals surface area (Å²) in [5, 5.41) is 0. The number of hydrogen-bond acceptors (Lipinski definition) is 0. The molecular weight excluding hydrogens is 180 g/mol. The molecule has 0 N–H and O–H groups in total. The summed E-state index contributed by atoms with van der Waals surface area (Å²) in [5.74, 6) is 0.840. The molecule has 0 aromatic heterocycles. The Morgan fingerprint density at radius 2 is 1.67 bits per heavy atom. The van der Waals surface area contributed by atoms with Gasteiger partial charge in [0.1, 0.15) is 0 Å². The lowest BCUT2D eigenvalue weighted by atomic mass is 9.84. The maximum Gasteiger partial charge on any atom is -0.0162 e. The van der Waals surface area contributed by atoms with Crippen molar-refractivity contribution in [2.75, 3.05) is 0 Å². The number of benzene rings is 1. The van der Waals surface area contributed by atoms with E-state index in [0.29, 0.717) is 0 Å². The first-order chi connectivity index (χ1) is 7.40. The first-order valence-corrected chi connectivity index (χ1v) is 6.28. The normalized spacial score (nSPS) is 17.9. The maximum atomic E-state index is 3.89. The molecule has 0 aliphatic heterocycles. The van der Waals surface area contributed by atoms with Crippen molar-refractivity contribution < 1.29 is 0 Å². The Balaban J connectivity index is 2.02. The Bertz CT molecular complexity index is 277. The lowest BCUT2D eigenvalue weighted by Crippen LogP contribution is -2.04. The third-order valence-corrected chi connectivity index (χ3v) is 3.52. The standard InChI is InChI=1S/C15H21/c1-2-6-13-9-11-15(12-10-13)14-7-4-3-5-8-14/h9-12,14H,1-8H2. The van der Waals surface area contributed by atoms with Crippen LogP contribution in [0.3, 0.4) is 0 Å². The molecule has 1 aliphatic rings. The fourth-order valence-corrected chi connectivity index (χ4v) is 2.60. The summed E-state index contributed by atoms with van der Waals surface area (Å²) in [4.78, 5) is 0. The Morgan fingerprint density at radius 3 is 2.27 bits per heavy atom. The van der Waals surface area contributed by atoms with E-state index in [-0.39, 0.29) is 0 Å². The maximum absolute atomic E-state index is 3.89. The van der Waals surface area contributed by atoms with Crippen LogP contribution in [0.5, 0.6) is 0 Å². The van der Waals surface area contributed by atoms with Gasteiger partial charge in [-0.15, -0.1) is 0 Å². The predicted octanol–water partition coefficient (Wildman–Crippen LogP) is 4.50. The molecule has 1 aliphatic carbocycles. The van der Waals surface area contributed by atoms with Crippen LogP contribution in [0.15, 0.2) is 24.3 Å². The molecular formula is C15H21. The number of aryl methyl sites for hydroxylation is 1. The minimum absolute atomic E-state index is 0.840. The minimum Gasteiger partial charge on any atom is -0.0588 e. The SMILES string of the molecule is [CH2]CCc1ccc(C2CCCCC2)cc1. The van der Waals surface area contributed by atoms with Gasteiger partial charge in [-0.2, -0.15) is 0 Å². The highest BCUT2D eigenvalue weighted by Crippen LogP contribution is 2.32. The van der Waals surface area contributed by atoms with Gasteiger partial charge in [-0.05, 0) is 42.7 Å². The summed E-state index contributed by atoms with van der Waals surface area (Å²) in [6.45, 7) is 3.89. The van der Waals surface area contributed by atoms with Crippen LogP contribution < -0.4 is 0 Å². The van der Waals surface area contributed by atoms with E-state index in [1.54, 1.807) is 5.56 Å². The molecule has 1 fully saturated rings. The summed E-state index contributed by atoms with van der Waals surface area (Å²) < 4.78 is 0. The van der Waals surface area contributed by atoms with Crippen molar-refractivity contribution in [1.82, 2.24) is 0 Å². The third-order valence-electron chi connectivity index (χ3n) is 3.52. The van der Waals surface area contributed by atoms with Gasteiger partial charge in [0.05, 0.1) is 0 Å². The zero-order valence-electron chi connectivity index (χ0n) is 9.54. The van der Waals surface area contributed by atoms with Crippen LogP contribution in [-0.4, -0.2) is 0 Å². The van der Waals surface area contributed by atoms with Crippen molar-refractivity contribution in [3.05, 3.63) is 42.3 Å². The lowest BCUT2D eigenvalue weighted by Gasteiger charge is -2.22. The van der Waals surface area contributed by atoms with Gasteiger partial charge in [0, 0.05) is 0 Å². The zero-order chi connectivity index (χ0) is 10.5. The molecule has 0 saturated heterocycles. The molecule has 1 aromatic rings. The molecule has 0 spiro atoms. The smallest absolute Gasteiger partial charge is 0.0162 e. The summed E-state index contributed by atoms with van der Waals surface area (Å²) in [7, 11) is 0. The van der Waals surface area contributed by atoms with E-state index in [2.05, 4.69) is 31.2 Å². The molecule has 0 unspecified atom stereocenters. The third kappa shape index (κ3) is 2.84. The van der Waals surface area contributed by atoms with Crippen molar-refractivity contribution >= 4 is 0 Å².